The lowest BCUT2D eigenvalue weighted by Gasteiger charge is -2.33. The van der Waals surface area contributed by atoms with Gasteiger partial charge in [0.05, 0.1) is 0 Å². The lowest BCUT2D eigenvalue weighted by Crippen LogP contribution is -2.43. The second-order valence-electron chi connectivity index (χ2n) is 6.69. The van der Waals surface area contributed by atoms with Crippen LogP contribution in [0.4, 0.5) is 5.69 Å². The summed E-state index contributed by atoms with van der Waals surface area (Å²) in [7, 11) is 0. The molecule has 21 heavy (non-hydrogen) atoms. The van der Waals surface area contributed by atoms with E-state index in [1.165, 1.54) is 73.9 Å². The van der Waals surface area contributed by atoms with Crippen molar-refractivity contribution in [2.75, 3.05) is 24.5 Å². The molecule has 1 atom stereocenters. The topological polar surface area (TPSA) is 15.3 Å². The Morgan fingerprint density at radius 2 is 1.95 bits per heavy atom. The molecule has 0 spiro atoms. The monoisotopic (exact) mass is 350 g/mol. The van der Waals surface area contributed by atoms with E-state index in [4.69, 9.17) is 0 Å². The van der Waals surface area contributed by atoms with Crippen molar-refractivity contribution in [2.45, 2.75) is 51.5 Å². The first-order valence-electron chi connectivity index (χ1n) is 8.48. The van der Waals surface area contributed by atoms with Crippen LogP contribution in [0.2, 0.25) is 0 Å². The van der Waals surface area contributed by atoms with Crippen molar-refractivity contribution in [3.05, 3.63) is 28.2 Å². The first kappa shape index (κ1) is 15.4. The number of hydrogen-bond acceptors (Lipinski definition) is 2. The summed E-state index contributed by atoms with van der Waals surface area (Å²) >= 11 is 3.68. The van der Waals surface area contributed by atoms with Crippen molar-refractivity contribution >= 4 is 21.6 Å². The third-order valence-corrected chi connectivity index (χ3v) is 6.02. The normalized spacial score (nSPS) is 24.9. The van der Waals surface area contributed by atoms with Gasteiger partial charge in [0.1, 0.15) is 0 Å². The van der Waals surface area contributed by atoms with Crippen LogP contribution >= 0.6 is 15.9 Å². The molecule has 0 radical (unpaired) electrons. The highest BCUT2D eigenvalue weighted by atomic mass is 79.9. The smallest absolute Gasteiger partial charge is 0.0378 e. The molecule has 116 valence electrons. The minimum Gasteiger partial charge on any atom is -0.370 e. The molecule has 0 aromatic heterocycles. The third kappa shape index (κ3) is 3.81. The standard InChI is InChI=1S/C18H27BrN2/c1-14-8-9-16(12-17(14)19)21-11-5-10-20-18(13-21)15-6-3-2-4-7-15/h8-9,12,15,18,20H,2-7,10-11,13H2,1H3. The van der Waals surface area contributed by atoms with Gasteiger partial charge < -0.3 is 10.2 Å². The molecule has 1 aromatic rings. The zero-order chi connectivity index (χ0) is 14.7. The van der Waals surface area contributed by atoms with Crippen LogP contribution in [0, 0.1) is 12.8 Å². The van der Waals surface area contributed by atoms with E-state index in [-0.39, 0.29) is 0 Å². The van der Waals surface area contributed by atoms with Crippen LogP contribution in [0.1, 0.15) is 44.1 Å². The summed E-state index contributed by atoms with van der Waals surface area (Å²) in [6.07, 6.45) is 8.39. The number of aryl methyl sites for hydroxylation is 1. The van der Waals surface area contributed by atoms with E-state index in [1.807, 2.05) is 0 Å². The lowest BCUT2D eigenvalue weighted by molar-refractivity contribution is 0.277. The fraction of sp³-hybridized carbons (Fsp3) is 0.667. The Morgan fingerprint density at radius 3 is 2.71 bits per heavy atom. The van der Waals surface area contributed by atoms with Gasteiger partial charge in [-0.3, -0.25) is 0 Å². The average Bonchev–Trinajstić information content (AvgIpc) is 2.77. The SMILES string of the molecule is Cc1ccc(N2CCCNC(C3CCCCC3)C2)cc1Br. The number of hydrogen-bond donors (Lipinski definition) is 1. The van der Waals surface area contributed by atoms with Gasteiger partial charge in [0.15, 0.2) is 0 Å². The predicted octanol–water partition coefficient (Wildman–Crippen LogP) is 4.51. The van der Waals surface area contributed by atoms with Crippen molar-refractivity contribution in [1.29, 1.82) is 0 Å². The first-order chi connectivity index (χ1) is 10.2. The Balaban J connectivity index is 1.73. The summed E-state index contributed by atoms with van der Waals surface area (Å²) in [6.45, 7) is 5.67. The van der Waals surface area contributed by atoms with Crippen LogP contribution in [0.15, 0.2) is 22.7 Å². The van der Waals surface area contributed by atoms with Gasteiger partial charge >= 0.3 is 0 Å². The van der Waals surface area contributed by atoms with Crippen LogP contribution in [-0.2, 0) is 0 Å². The van der Waals surface area contributed by atoms with Gasteiger partial charge in [0.2, 0.25) is 0 Å². The van der Waals surface area contributed by atoms with E-state index < -0.39 is 0 Å². The number of nitrogens with zero attached hydrogens (tertiary/aromatic N) is 1. The number of anilines is 1. The van der Waals surface area contributed by atoms with E-state index in [1.54, 1.807) is 0 Å². The molecule has 0 amide bonds. The average molecular weight is 351 g/mol. The molecule has 1 saturated heterocycles. The van der Waals surface area contributed by atoms with Crippen molar-refractivity contribution in [2.24, 2.45) is 5.92 Å². The Kier molecular flexibility index (Phi) is 5.23. The largest absolute Gasteiger partial charge is 0.370 e. The van der Waals surface area contributed by atoms with E-state index in [9.17, 15) is 0 Å². The van der Waals surface area contributed by atoms with Gasteiger partial charge in [-0.2, -0.15) is 0 Å². The molecule has 1 aliphatic heterocycles. The van der Waals surface area contributed by atoms with E-state index >= 15 is 0 Å². The summed E-state index contributed by atoms with van der Waals surface area (Å²) in [5, 5.41) is 3.82. The fourth-order valence-electron chi connectivity index (χ4n) is 3.82. The van der Waals surface area contributed by atoms with Gasteiger partial charge in [0, 0.05) is 29.3 Å². The van der Waals surface area contributed by atoms with Gasteiger partial charge in [-0.05, 0) is 56.3 Å². The molecule has 1 saturated carbocycles. The zero-order valence-corrected chi connectivity index (χ0v) is 14.7. The van der Waals surface area contributed by atoms with Gasteiger partial charge in [-0.25, -0.2) is 0 Å². The molecule has 1 heterocycles. The maximum absolute atomic E-state index is 3.82. The van der Waals surface area contributed by atoms with Crippen LogP contribution in [0.5, 0.6) is 0 Å². The third-order valence-electron chi connectivity index (χ3n) is 5.17. The molecule has 1 N–H and O–H groups in total. The first-order valence-corrected chi connectivity index (χ1v) is 9.28. The highest BCUT2D eigenvalue weighted by Gasteiger charge is 2.27. The summed E-state index contributed by atoms with van der Waals surface area (Å²) in [6, 6.07) is 7.47. The molecule has 3 heteroatoms. The minimum atomic E-state index is 0.674. The molecule has 2 nitrogen and oxygen atoms in total. The predicted molar refractivity (Wildman–Crippen MR) is 94.1 cm³/mol. The highest BCUT2D eigenvalue weighted by molar-refractivity contribution is 9.10. The number of benzene rings is 1. The van der Waals surface area contributed by atoms with E-state index in [2.05, 4.69) is 51.3 Å². The molecule has 0 bridgehead atoms. The second-order valence-corrected chi connectivity index (χ2v) is 7.55. The minimum absolute atomic E-state index is 0.674. The maximum Gasteiger partial charge on any atom is 0.0378 e. The van der Waals surface area contributed by atoms with Crippen LogP contribution in [0.25, 0.3) is 0 Å². The van der Waals surface area contributed by atoms with Crippen LogP contribution in [-0.4, -0.2) is 25.7 Å². The Labute approximate surface area is 137 Å². The van der Waals surface area contributed by atoms with Crippen molar-refractivity contribution in [1.82, 2.24) is 5.32 Å². The van der Waals surface area contributed by atoms with E-state index in [0.717, 1.165) is 5.92 Å². The lowest BCUT2D eigenvalue weighted by atomic mass is 9.83. The van der Waals surface area contributed by atoms with Crippen molar-refractivity contribution < 1.29 is 0 Å². The summed E-state index contributed by atoms with van der Waals surface area (Å²) < 4.78 is 1.23. The summed E-state index contributed by atoms with van der Waals surface area (Å²) in [5.41, 5.74) is 2.69. The van der Waals surface area contributed by atoms with Crippen LogP contribution in [0.3, 0.4) is 0 Å². The van der Waals surface area contributed by atoms with Crippen molar-refractivity contribution in [3.8, 4) is 0 Å². The molecule has 2 fully saturated rings. The Bertz CT molecular complexity index is 468. The highest BCUT2D eigenvalue weighted by Crippen LogP contribution is 2.30. The van der Waals surface area contributed by atoms with Crippen molar-refractivity contribution in [3.63, 3.8) is 0 Å². The fourth-order valence-corrected chi connectivity index (χ4v) is 4.18. The number of rotatable bonds is 2. The second kappa shape index (κ2) is 7.15. The number of nitrogens with one attached hydrogen (secondary N) is 1. The quantitative estimate of drug-likeness (QED) is 0.844. The molecule has 1 aromatic carbocycles. The molecular formula is C18H27BrN2. The molecule has 2 aliphatic rings. The van der Waals surface area contributed by atoms with Gasteiger partial charge in [0.25, 0.3) is 0 Å². The Morgan fingerprint density at radius 1 is 1.14 bits per heavy atom. The summed E-state index contributed by atoms with van der Waals surface area (Å²) in [4.78, 5) is 2.59. The van der Waals surface area contributed by atoms with Gasteiger partial charge in [-0.15, -0.1) is 0 Å². The summed E-state index contributed by atoms with van der Waals surface area (Å²) in [5.74, 6) is 0.883. The van der Waals surface area contributed by atoms with Gasteiger partial charge in [-0.1, -0.05) is 41.3 Å². The number of halogens is 1. The van der Waals surface area contributed by atoms with Crippen LogP contribution < -0.4 is 10.2 Å². The molecule has 3 rings (SSSR count). The molecular weight excluding hydrogens is 324 g/mol. The Hall–Kier alpha value is -0.540. The van der Waals surface area contributed by atoms with E-state index in [0.29, 0.717) is 6.04 Å². The molecule has 1 aliphatic carbocycles. The maximum atomic E-state index is 3.82. The zero-order valence-electron chi connectivity index (χ0n) is 13.1. The molecule has 1 unspecified atom stereocenters.